The third-order valence-corrected chi connectivity index (χ3v) is 11.3. The summed E-state index contributed by atoms with van der Waals surface area (Å²) in [6, 6.07) is 0. The largest absolute Gasteiger partial charge is 0.469 e. The van der Waals surface area contributed by atoms with Crippen molar-refractivity contribution in [2.75, 3.05) is 7.11 Å². The highest BCUT2D eigenvalue weighted by atomic mass is 28.4. The SMILES string of the molecule is CCCCCCCCCCC(CCCCCCCC(=O)OC)O[Si](C)(C)C(C)(C)C. The van der Waals surface area contributed by atoms with Crippen LogP contribution >= 0.6 is 0 Å². The summed E-state index contributed by atoms with van der Waals surface area (Å²) in [5.41, 5.74) is 0. The Morgan fingerprint density at radius 1 is 0.767 bits per heavy atom. The molecule has 0 bridgehead atoms. The second-order valence-corrected chi connectivity index (χ2v) is 15.4. The van der Waals surface area contributed by atoms with E-state index in [1.165, 1.54) is 90.6 Å². The molecule has 0 aliphatic carbocycles. The fraction of sp³-hybridized carbons (Fsp3) is 0.962. The molecule has 0 aromatic rings. The van der Waals surface area contributed by atoms with Gasteiger partial charge in [-0.05, 0) is 37.4 Å². The lowest BCUT2D eigenvalue weighted by Gasteiger charge is -2.39. The summed E-state index contributed by atoms with van der Waals surface area (Å²) >= 11 is 0. The van der Waals surface area contributed by atoms with Crippen LogP contribution in [0.15, 0.2) is 0 Å². The van der Waals surface area contributed by atoms with E-state index in [1.807, 2.05) is 0 Å². The van der Waals surface area contributed by atoms with Crippen molar-refractivity contribution in [3.8, 4) is 0 Å². The lowest BCUT2D eigenvalue weighted by Crippen LogP contribution is -2.44. The maximum Gasteiger partial charge on any atom is 0.305 e. The molecule has 0 rings (SSSR count). The van der Waals surface area contributed by atoms with E-state index in [0.717, 1.165) is 12.8 Å². The molecule has 4 heteroatoms. The average molecular weight is 443 g/mol. The number of esters is 1. The van der Waals surface area contributed by atoms with Gasteiger partial charge in [0.15, 0.2) is 8.32 Å². The highest BCUT2D eigenvalue weighted by molar-refractivity contribution is 6.74. The van der Waals surface area contributed by atoms with Gasteiger partial charge in [0.25, 0.3) is 0 Å². The molecule has 0 fully saturated rings. The standard InChI is InChI=1S/C26H54O3Si/c1-8-9-10-11-12-13-15-18-21-24(29-30(6,7)26(2,3)4)22-19-16-14-17-20-23-25(27)28-5/h24H,8-23H2,1-7H3. The number of hydrogen-bond acceptors (Lipinski definition) is 3. The van der Waals surface area contributed by atoms with Gasteiger partial charge in [0.05, 0.1) is 7.11 Å². The molecular weight excluding hydrogens is 388 g/mol. The van der Waals surface area contributed by atoms with E-state index in [4.69, 9.17) is 9.16 Å². The quantitative estimate of drug-likeness (QED) is 0.114. The summed E-state index contributed by atoms with van der Waals surface area (Å²) in [6.45, 7) is 14.1. The molecule has 1 unspecified atom stereocenters. The summed E-state index contributed by atoms with van der Waals surface area (Å²) in [4.78, 5) is 11.2. The second-order valence-electron chi connectivity index (χ2n) is 10.6. The van der Waals surface area contributed by atoms with Crippen molar-refractivity contribution in [3.05, 3.63) is 0 Å². The zero-order valence-corrected chi connectivity index (χ0v) is 22.6. The fourth-order valence-corrected chi connectivity index (χ4v) is 5.06. The maximum absolute atomic E-state index is 11.2. The molecule has 0 radical (unpaired) electrons. The molecule has 180 valence electrons. The van der Waals surface area contributed by atoms with Gasteiger partial charge in [-0.3, -0.25) is 4.79 Å². The van der Waals surface area contributed by atoms with Crippen molar-refractivity contribution in [2.24, 2.45) is 0 Å². The van der Waals surface area contributed by atoms with Gasteiger partial charge in [-0.1, -0.05) is 105 Å². The number of methoxy groups -OCH3 is 1. The van der Waals surface area contributed by atoms with Crippen LogP contribution in [0.5, 0.6) is 0 Å². The van der Waals surface area contributed by atoms with Gasteiger partial charge >= 0.3 is 5.97 Å². The van der Waals surface area contributed by atoms with Crippen LogP contribution in [0, 0.1) is 0 Å². The van der Waals surface area contributed by atoms with E-state index in [-0.39, 0.29) is 11.0 Å². The molecule has 0 aliphatic rings. The van der Waals surface area contributed by atoms with Crippen LogP contribution in [-0.4, -0.2) is 27.5 Å². The lowest BCUT2D eigenvalue weighted by molar-refractivity contribution is -0.140. The minimum absolute atomic E-state index is 0.0804. The fourth-order valence-electron chi connectivity index (χ4n) is 3.64. The molecule has 0 saturated heterocycles. The van der Waals surface area contributed by atoms with Gasteiger partial charge in [0, 0.05) is 12.5 Å². The van der Waals surface area contributed by atoms with E-state index in [1.54, 1.807) is 0 Å². The monoisotopic (exact) mass is 442 g/mol. The molecule has 0 aromatic heterocycles. The van der Waals surface area contributed by atoms with Crippen molar-refractivity contribution in [1.82, 2.24) is 0 Å². The van der Waals surface area contributed by atoms with Crippen LogP contribution in [0.25, 0.3) is 0 Å². The summed E-state index contributed by atoms with van der Waals surface area (Å²) < 4.78 is 11.5. The smallest absolute Gasteiger partial charge is 0.305 e. The van der Waals surface area contributed by atoms with Gasteiger partial charge in [-0.15, -0.1) is 0 Å². The number of hydrogen-bond donors (Lipinski definition) is 0. The van der Waals surface area contributed by atoms with Gasteiger partial charge in [-0.25, -0.2) is 0 Å². The van der Waals surface area contributed by atoms with Crippen molar-refractivity contribution in [3.63, 3.8) is 0 Å². The zero-order chi connectivity index (χ0) is 22.9. The topological polar surface area (TPSA) is 35.5 Å². The van der Waals surface area contributed by atoms with Crippen molar-refractivity contribution >= 4 is 14.3 Å². The van der Waals surface area contributed by atoms with Crippen LogP contribution < -0.4 is 0 Å². The van der Waals surface area contributed by atoms with Crippen molar-refractivity contribution < 1.29 is 14.0 Å². The van der Waals surface area contributed by atoms with Crippen molar-refractivity contribution in [1.29, 1.82) is 0 Å². The number of ether oxygens (including phenoxy) is 1. The van der Waals surface area contributed by atoms with Crippen LogP contribution in [0.4, 0.5) is 0 Å². The Morgan fingerprint density at radius 2 is 1.20 bits per heavy atom. The number of carbonyl (C=O) groups excluding carboxylic acids is 1. The Balaban J connectivity index is 4.21. The second kappa shape index (κ2) is 17.2. The summed E-state index contributed by atoms with van der Waals surface area (Å²) in [5, 5.41) is 0.276. The molecule has 1 atom stereocenters. The van der Waals surface area contributed by atoms with E-state index in [9.17, 15) is 4.79 Å². The first-order chi connectivity index (χ1) is 14.1. The zero-order valence-electron chi connectivity index (χ0n) is 21.6. The summed E-state index contributed by atoms with van der Waals surface area (Å²) in [7, 11) is -0.238. The van der Waals surface area contributed by atoms with Crippen LogP contribution in [0.3, 0.4) is 0 Å². The highest BCUT2D eigenvalue weighted by Gasteiger charge is 2.38. The van der Waals surface area contributed by atoms with Gasteiger partial charge < -0.3 is 9.16 Å². The first kappa shape index (κ1) is 29.6. The van der Waals surface area contributed by atoms with Crippen molar-refractivity contribution in [2.45, 2.75) is 155 Å². The predicted molar refractivity (Wildman–Crippen MR) is 134 cm³/mol. The van der Waals surface area contributed by atoms with E-state index in [0.29, 0.717) is 12.5 Å². The van der Waals surface area contributed by atoms with E-state index < -0.39 is 8.32 Å². The normalized spacial score (nSPS) is 13.4. The third-order valence-electron chi connectivity index (χ3n) is 6.78. The Kier molecular flexibility index (Phi) is 17.0. The number of unbranched alkanes of at least 4 members (excludes halogenated alkanes) is 11. The van der Waals surface area contributed by atoms with Crippen LogP contribution in [0.2, 0.25) is 18.1 Å². The van der Waals surface area contributed by atoms with Crippen LogP contribution in [-0.2, 0) is 14.0 Å². The van der Waals surface area contributed by atoms with Crippen LogP contribution in [0.1, 0.15) is 130 Å². The minimum Gasteiger partial charge on any atom is -0.469 e. The summed E-state index contributed by atoms with van der Waals surface area (Å²) in [5.74, 6) is -0.0804. The summed E-state index contributed by atoms with van der Waals surface area (Å²) in [6.07, 6.45) is 20.2. The third kappa shape index (κ3) is 15.4. The Hall–Kier alpha value is -0.353. The average Bonchev–Trinajstić information content (AvgIpc) is 2.67. The molecule has 0 N–H and O–H groups in total. The lowest BCUT2D eigenvalue weighted by atomic mass is 10.0. The number of carbonyl (C=O) groups is 1. The maximum atomic E-state index is 11.2. The Morgan fingerprint density at radius 3 is 1.63 bits per heavy atom. The minimum atomic E-state index is -1.71. The molecule has 0 amide bonds. The Bertz CT molecular complexity index is 415. The molecule has 0 saturated carbocycles. The molecule has 3 nitrogen and oxygen atoms in total. The molecular formula is C26H54O3Si. The first-order valence-corrected chi connectivity index (χ1v) is 15.8. The Labute approximate surface area is 190 Å². The van der Waals surface area contributed by atoms with Gasteiger partial charge in [0.1, 0.15) is 0 Å². The highest BCUT2D eigenvalue weighted by Crippen LogP contribution is 2.38. The molecule has 0 aliphatic heterocycles. The molecule has 0 aromatic carbocycles. The van der Waals surface area contributed by atoms with Gasteiger partial charge in [0.2, 0.25) is 0 Å². The predicted octanol–water partition coefficient (Wildman–Crippen LogP) is 8.81. The van der Waals surface area contributed by atoms with E-state index in [2.05, 4.69) is 40.8 Å². The number of rotatable bonds is 19. The van der Waals surface area contributed by atoms with E-state index >= 15 is 0 Å². The first-order valence-electron chi connectivity index (χ1n) is 12.9. The molecule has 0 heterocycles. The van der Waals surface area contributed by atoms with Gasteiger partial charge in [-0.2, -0.15) is 0 Å². The molecule has 30 heavy (non-hydrogen) atoms. The molecule has 0 spiro atoms.